The van der Waals surface area contributed by atoms with Gasteiger partial charge in [0, 0.05) is 18.8 Å². The van der Waals surface area contributed by atoms with Crippen LogP contribution in [0.25, 0.3) is 6.08 Å². The second-order valence-electron chi connectivity index (χ2n) is 5.13. The predicted octanol–water partition coefficient (Wildman–Crippen LogP) is 2.20. The molecule has 1 heterocycles. The number of rotatable bonds is 5. The van der Waals surface area contributed by atoms with Crippen LogP contribution >= 0.6 is 0 Å². The molecule has 6 heteroatoms. The van der Waals surface area contributed by atoms with Gasteiger partial charge in [-0.05, 0) is 30.7 Å². The van der Waals surface area contributed by atoms with Gasteiger partial charge < -0.3 is 14.4 Å². The normalized spacial score (nSPS) is 10.5. The Labute approximate surface area is 138 Å². The van der Waals surface area contributed by atoms with Crippen molar-refractivity contribution in [2.75, 3.05) is 6.61 Å². The molecule has 2 rings (SSSR count). The van der Waals surface area contributed by atoms with Gasteiger partial charge in [-0.3, -0.25) is 9.59 Å². The van der Waals surface area contributed by atoms with Gasteiger partial charge in [-0.15, -0.1) is 0 Å². The highest BCUT2D eigenvalue weighted by Gasteiger charge is 2.16. The monoisotopic (exact) mass is 324 g/mol. The summed E-state index contributed by atoms with van der Waals surface area (Å²) in [6.07, 6.45) is 2.73. The Balaban J connectivity index is 2.28. The molecule has 0 aliphatic rings. The lowest BCUT2D eigenvalue weighted by Crippen LogP contribution is -2.25. The molecular formula is C18H16N2O4. The standard InChI is InChI=1S/C18H16N2O4/c1-12-10-16(22)17(18(23)20(12)2)15(21)7-6-13-4-3-5-14(11-13)24-9-8-19/h3-7,10-11,22H,9H2,1-2H3. The summed E-state index contributed by atoms with van der Waals surface area (Å²) in [6.45, 7) is 1.59. The summed E-state index contributed by atoms with van der Waals surface area (Å²) >= 11 is 0. The highest BCUT2D eigenvalue weighted by Crippen LogP contribution is 2.17. The molecule has 0 atom stereocenters. The smallest absolute Gasteiger partial charge is 0.265 e. The van der Waals surface area contributed by atoms with Crippen LogP contribution in [-0.2, 0) is 7.05 Å². The van der Waals surface area contributed by atoms with Crippen molar-refractivity contribution >= 4 is 11.9 Å². The second kappa shape index (κ2) is 7.29. The van der Waals surface area contributed by atoms with Crippen LogP contribution in [0.1, 0.15) is 21.6 Å². The Morgan fingerprint density at radius 2 is 2.17 bits per heavy atom. The summed E-state index contributed by atoms with van der Waals surface area (Å²) in [7, 11) is 1.54. The maximum Gasteiger partial charge on any atom is 0.265 e. The molecule has 1 aromatic carbocycles. The van der Waals surface area contributed by atoms with E-state index in [1.54, 1.807) is 31.2 Å². The topological polar surface area (TPSA) is 92.3 Å². The minimum absolute atomic E-state index is 0.0701. The third-order valence-corrected chi connectivity index (χ3v) is 3.48. The van der Waals surface area contributed by atoms with E-state index in [0.717, 1.165) is 0 Å². The van der Waals surface area contributed by atoms with Gasteiger partial charge in [0.2, 0.25) is 0 Å². The minimum Gasteiger partial charge on any atom is -0.507 e. The maximum absolute atomic E-state index is 12.2. The van der Waals surface area contributed by atoms with Gasteiger partial charge in [0.1, 0.15) is 23.1 Å². The fraction of sp³-hybridized carbons (Fsp3) is 0.167. The Kier molecular flexibility index (Phi) is 5.17. The molecular weight excluding hydrogens is 308 g/mol. The van der Waals surface area contributed by atoms with Crippen LogP contribution in [0.2, 0.25) is 0 Å². The SMILES string of the molecule is Cc1cc(O)c(C(=O)C=Cc2cccc(OCC#N)c2)c(=O)n1C. The average molecular weight is 324 g/mol. The number of allylic oxidation sites excluding steroid dienone is 1. The number of pyridine rings is 1. The van der Waals surface area contributed by atoms with E-state index < -0.39 is 11.3 Å². The van der Waals surface area contributed by atoms with E-state index in [1.807, 2.05) is 6.07 Å². The van der Waals surface area contributed by atoms with Crippen molar-refractivity contribution in [2.24, 2.45) is 7.05 Å². The van der Waals surface area contributed by atoms with Crippen molar-refractivity contribution < 1.29 is 14.6 Å². The number of hydrogen-bond acceptors (Lipinski definition) is 5. The highest BCUT2D eigenvalue weighted by molar-refractivity contribution is 6.08. The van der Waals surface area contributed by atoms with E-state index in [-0.39, 0.29) is 17.9 Å². The number of carbonyl (C=O) groups excluding carboxylic acids is 1. The Hall–Kier alpha value is -3.33. The molecule has 1 N–H and O–H groups in total. The molecule has 0 radical (unpaired) electrons. The zero-order chi connectivity index (χ0) is 17.7. The molecule has 0 spiro atoms. The molecule has 24 heavy (non-hydrogen) atoms. The Bertz CT molecular complexity index is 904. The van der Waals surface area contributed by atoms with Crippen LogP contribution in [0, 0.1) is 18.3 Å². The first-order valence-corrected chi connectivity index (χ1v) is 7.16. The summed E-state index contributed by atoms with van der Waals surface area (Å²) in [6, 6.07) is 10.1. The number of aryl methyl sites for hydroxylation is 1. The van der Waals surface area contributed by atoms with Crippen LogP contribution < -0.4 is 10.3 Å². The fourth-order valence-corrected chi connectivity index (χ4v) is 2.11. The highest BCUT2D eigenvalue weighted by atomic mass is 16.5. The summed E-state index contributed by atoms with van der Waals surface area (Å²) in [5, 5.41) is 18.4. The molecule has 6 nitrogen and oxygen atoms in total. The van der Waals surface area contributed by atoms with Crippen LogP contribution in [-0.4, -0.2) is 22.1 Å². The largest absolute Gasteiger partial charge is 0.507 e. The van der Waals surface area contributed by atoms with Crippen LogP contribution in [0.5, 0.6) is 11.5 Å². The van der Waals surface area contributed by atoms with Crippen LogP contribution in [0.15, 0.2) is 41.2 Å². The molecule has 0 amide bonds. The molecule has 122 valence electrons. The average Bonchev–Trinajstić information content (AvgIpc) is 2.56. The molecule has 0 aliphatic carbocycles. The third-order valence-electron chi connectivity index (χ3n) is 3.48. The van der Waals surface area contributed by atoms with Crippen LogP contribution in [0.4, 0.5) is 0 Å². The van der Waals surface area contributed by atoms with E-state index in [2.05, 4.69) is 0 Å². The molecule has 1 aromatic heterocycles. The van der Waals surface area contributed by atoms with Gasteiger partial charge in [0.05, 0.1) is 0 Å². The summed E-state index contributed by atoms with van der Waals surface area (Å²) in [5.74, 6) is -0.423. The number of carbonyl (C=O) groups is 1. The van der Waals surface area contributed by atoms with E-state index in [9.17, 15) is 14.7 Å². The molecule has 0 aliphatic heterocycles. The van der Waals surface area contributed by atoms with Gasteiger partial charge in [-0.2, -0.15) is 5.26 Å². The van der Waals surface area contributed by atoms with Crippen LogP contribution in [0.3, 0.4) is 0 Å². The van der Waals surface area contributed by atoms with Crippen molar-refractivity contribution in [1.29, 1.82) is 5.26 Å². The van der Waals surface area contributed by atoms with E-state index in [1.165, 1.54) is 29.8 Å². The zero-order valence-corrected chi connectivity index (χ0v) is 13.3. The number of nitrogens with zero attached hydrogens (tertiary/aromatic N) is 2. The molecule has 0 saturated carbocycles. The van der Waals surface area contributed by atoms with E-state index in [0.29, 0.717) is 17.0 Å². The van der Waals surface area contributed by atoms with Crippen molar-refractivity contribution in [3.05, 3.63) is 63.6 Å². The van der Waals surface area contributed by atoms with Crippen molar-refractivity contribution in [3.8, 4) is 17.6 Å². The number of hydrogen-bond donors (Lipinski definition) is 1. The lowest BCUT2D eigenvalue weighted by molar-refractivity contribution is 0.104. The lowest BCUT2D eigenvalue weighted by Gasteiger charge is -2.07. The van der Waals surface area contributed by atoms with Crippen molar-refractivity contribution in [3.63, 3.8) is 0 Å². The lowest BCUT2D eigenvalue weighted by atomic mass is 10.1. The first-order chi connectivity index (χ1) is 11.4. The Morgan fingerprint density at radius 1 is 1.42 bits per heavy atom. The summed E-state index contributed by atoms with van der Waals surface area (Å²) in [5.41, 5.74) is 0.409. The second-order valence-corrected chi connectivity index (χ2v) is 5.13. The molecule has 0 bridgehead atoms. The van der Waals surface area contributed by atoms with Gasteiger partial charge in [-0.1, -0.05) is 18.2 Å². The molecule has 0 fully saturated rings. The van der Waals surface area contributed by atoms with Gasteiger partial charge in [-0.25, -0.2) is 0 Å². The quantitative estimate of drug-likeness (QED) is 0.672. The first kappa shape index (κ1) is 17.0. The van der Waals surface area contributed by atoms with Gasteiger partial charge in [0.25, 0.3) is 5.56 Å². The summed E-state index contributed by atoms with van der Waals surface area (Å²) < 4.78 is 6.48. The number of ether oxygens (including phenoxy) is 1. The Morgan fingerprint density at radius 3 is 2.88 bits per heavy atom. The molecule has 0 unspecified atom stereocenters. The van der Waals surface area contributed by atoms with Gasteiger partial charge in [0.15, 0.2) is 12.4 Å². The van der Waals surface area contributed by atoms with E-state index in [4.69, 9.17) is 10.00 Å². The predicted molar refractivity (Wildman–Crippen MR) is 89.0 cm³/mol. The summed E-state index contributed by atoms with van der Waals surface area (Å²) in [4.78, 5) is 24.4. The zero-order valence-electron chi connectivity index (χ0n) is 13.3. The number of nitriles is 1. The van der Waals surface area contributed by atoms with Crippen molar-refractivity contribution in [1.82, 2.24) is 4.57 Å². The van der Waals surface area contributed by atoms with Gasteiger partial charge >= 0.3 is 0 Å². The maximum atomic E-state index is 12.2. The van der Waals surface area contributed by atoms with E-state index >= 15 is 0 Å². The number of aromatic nitrogens is 1. The van der Waals surface area contributed by atoms with Crippen molar-refractivity contribution in [2.45, 2.75) is 6.92 Å². The fourth-order valence-electron chi connectivity index (χ4n) is 2.11. The minimum atomic E-state index is -0.587. The molecule has 0 saturated heterocycles. The first-order valence-electron chi connectivity index (χ1n) is 7.16. The third kappa shape index (κ3) is 3.70. The number of ketones is 1. The number of aromatic hydroxyl groups is 1. The molecule has 2 aromatic rings. The number of benzene rings is 1.